The van der Waals surface area contributed by atoms with Crippen molar-refractivity contribution in [1.29, 1.82) is 0 Å². The highest BCUT2D eigenvalue weighted by atomic mass is 16.5. The van der Waals surface area contributed by atoms with Crippen LogP contribution >= 0.6 is 0 Å². The molecule has 1 N–H and O–H groups in total. The van der Waals surface area contributed by atoms with Crippen LogP contribution in [0.15, 0.2) is 24.7 Å². The highest BCUT2D eigenvalue weighted by molar-refractivity contribution is 5.83. The second-order valence-electron chi connectivity index (χ2n) is 7.91. The monoisotopic (exact) mass is 384 g/mol. The Hall–Kier alpha value is -2.32. The van der Waals surface area contributed by atoms with E-state index < -0.39 is 5.41 Å². The molecule has 28 heavy (non-hydrogen) atoms. The minimum absolute atomic E-state index is 0.225. The summed E-state index contributed by atoms with van der Waals surface area (Å²) in [7, 11) is 3.57. The van der Waals surface area contributed by atoms with Gasteiger partial charge in [-0.25, -0.2) is 9.97 Å². The summed E-state index contributed by atoms with van der Waals surface area (Å²) in [5, 5.41) is 7.54. The Kier molecular flexibility index (Phi) is 5.41. The van der Waals surface area contributed by atoms with Crippen molar-refractivity contribution in [3.05, 3.63) is 30.5 Å². The summed E-state index contributed by atoms with van der Waals surface area (Å²) < 4.78 is 7.15. The number of hydrogen-bond donors (Lipinski definition) is 1. The molecule has 150 valence electrons. The lowest BCUT2D eigenvalue weighted by atomic mass is 9.85. The zero-order valence-electron chi connectivity index (χ0n) is 16.6. The molecule has 0 aliphatic carbocycles. The van der Waals surface area contributed by atoms with Gasteiger partial charge in [-0.15, -0.1) is 0 Å². The van der Waals surface area contributed by atoms with Crippen molar-refractivity contribution in [3.63, 3.8) is 0 Å². The standard InChI is InChI=1S/C20H28N6O2/c1-25-12-16(11-23-25)17-3-7-22-18(24-17)15-4-9-26(10-5-15)19(27)20(14-28-2)6-8-21-13-20/h3,7,11-12,15,21H,4-6,8-10,13-14H2,1-2H3. The number of carbonyl (C=O) groups excluding carboxylic acids is 1. The molecular weight excluding hydrogens is 356 g/mol. The molecule has 0 saturated carbocycles. The van der Waals surface area contributed by atoms with E-state index in [4.69, 9.17) is 9.72 Å². The lowest BCUT2D eigenvalue weighted by molar-refractivity contribution is -0.145. The van der Waals surface area contributed by atoms with Crippen molar-refractivity contribution >= 4 is 5.91 Å². The smallest absolute Gasteiger partial charge is 0.232 e. The fourth-order valence-electron chi connectivity index (χ4n) is 4.35. The molecule has 8 nitrogen and oxygen atoms in total. The van der Waals surface area contributed by atoms with Gasteiger partial charge in [0.1, 0.15) is 5.82 Å². The quantitative estimate of drug-likeness (QED) is 0.834. The maximum absolute atomic E-state index is 13.2. The van der Waals surface area contributed by atoms with E-state index >= 15 is 0 Å². The Labute approximate surface area is 165 Å². The van der Waals surface area contributed by atoms with Gasteiger partial charge >= 0.3 is 0 Å². The van der Waals surface area contributed by atoms with Crippen molar-refractivity contribution in [2.75, 3.05) is 39.9 Å². The molecule has 1 unspecified atom stereocenters. The first-order valence-corrected chi connectivity index (χ1v) is 9.92. The number of nitrogens with zero attached hydrogens (tertiary/aromatic N) is 5. The zero-order valence-corrected chi connectivity index (χ0v) is 16.6. The van der Waals surface area contributed by atoms with Crippen LogP contribution in [0.2, 0.25) is 0 Å². The van der Waals surface area contributed by atoms with E-state index in [0.717, 1.165) is 56.0 Å². The lowest BCUT2D eigenvalue weighted by Gasteiger charge is -2.37. The van der Waals surface area contributed by atoms with Crippen LogP contribution in [0.4, 0.5) is 0 Å². The van der Waals surface area contributed by atoms with Gasteiger partial charge in [0, 0.05) is 57.7 Å². The van der Waals surface area contributed by atoms with Gasteiger partial charge in [-0.2, -0.15) is 5.10 Å². The molecule has 0 aromatic carbocycles. The highest BCUT2D eigenvalue weighted by Gasteiger charge is 2.44. The normalized spacial score (nSPS) is 23.3. The molecule has 2 aliphatic rings. The Morgan fingerprint density at radius 1 is 1.39 bits per heavy atom. The molecule has 2 aliphatic heterocycles. The molecule has 0 bridgehead atoms. The summed E-state index contributed by atoms with van der Waals surface area (Å²) in [6.45, 7) is 3.55. The number of likely N-dealkylation sites (tertiary alicyclic amines) is 1. The third-order valence-corrected chi connectivity index (χ3v) is 5.94. The number of ether oxygens (including phenoxy) is 1. The Morgan fingerprint density at radius 2 is 2.21 bits per heavy atom. The van der Waals surface area contributed by atoms with Crippen molar-refractivity contribution in [1.82, 2.24) is 30.0 Å². The van der Waals surface area contributed by atoms with Gasteiger partial charge in [0.05, 0.1) is 23.9 Å². The van der Waals surface area contributed by atoms with Gasteiger partial charge in [0.2, 0.25) is 5.91 Å². The van der Waals surface area contributed by atoms with E-state index in [-0.39, 0.29) is 11.8 Å². The number of nitrogens with one attached hydrogen (secondary N) is 1. The number of carbonyl (C=O) groups is 1. The summed E-state index contributed by atoms with van der Waals surface area (Å²) in [5.41, 5.74) is 1.49. The molecule has 4 heterocycles. The first-order chi connectivity index (χ1) is 13.6. The largest absolute Gasteiger partial charge is 0.384 e. The van der Waals surface area contributed by atoms with Crippen LogP contribution in [0.5, 0.6) is 0 Å². The minimum Gasteiger partial charge on any atom is -0.384 e. The third kappa shape index (κ3) is 3.66. The average molecular weight is 384 g/mol. The van der Waals surface area contributed by atoms with Crippen molar-refractivity contribution in [3.8, 4) is 11.3 Å². The fourth-order valence-corrected chi connectivity index (χ4v) is 4.35. The molecule has 2 saturated heterocycles. The molecule has 2 aromatic heterocycles. The van der Waals surface area contributed by atoms with Crippen LogP contribution in [0.25, 0.3) is 11.3 Å². The lowest BCUT2D eigenvalue weighted by Crippen LogP contribution is -2.50. The molecule has 2 fully saturated rings. The number of methoxy groups -OCH3 is 1. The molecule has 0 spiro atoms. The Balaban J connectivity index is 1.42. The van der Waals surface area contributed by atoms with Gasteiger partial charge in [0.25, 0.3) is 0 Å². The van der Waals surface area contributed by atoms with Crippen LogP contribution in [-0.4, -0.2) is 70.5 Å². The molecule has 1 atom stereocenters. The van der Waals surface area contributed by atoms with Gasteiger partial charge in [0.15, 0.2) is 0 Å². The number of rotatable bonds is 5. The minimum atomic E-state index is -0.404. The summed E-state index contributed by atoms with van der Waals surface area (Å²) in [5.74, 6) is 1.37. The van der Waals surface area contributed by atoms with Gasteiger partial charge in [-0.3, -0.25) is 9.48 Å². The maximum Gasteiger partial charge on any atom is 0.232 e. The molecule has 4 rings (SSSR count). The second-order valence-corrected chi connectivity index (χ2v) is 7.91. The van der Waals surface area contributed by atoms with Crippen LogP contribution in [-0.2, 0) is 16.6 Å². The van der Waals surface area contributed by atoms with Gasteiger partial charge in [-0.1, -0.05) is 0 Å². The van der Waals surface area contributed by atoms with Gasteiger partial charge < -0.3 is 15.0 Å². The first-order valence-electron chi connectivity index (χ1n) is 9.92. The number of piperidine rings is 1. The summed E-state index contributed by atoms with van der Waals surface area (Å²) in [4.78, 5) is 24.5. The number of aromatic nitrogens is 4. The van der Waals surface area contributed by atoms with Crippen LogP contribution in [0.3, 0.4) is 0 Å². The zero-order chi connectivity index (χ0) is 19.6. The fraction of sp³-hybridized carbons (Fsp3) is 0.600. The van der Waals surface area contributed by atoms with Crippen LogP contribution in [0.1, 0.15) is 31.0 Å². The topological polar surface area (TPSA) is 85.2 Å². The predicted molar refractivity (Wildman–Crippen MR) is 105 cm³/mol. The summed E-state index contributed by atoms with van der Waals surface area (Å²) in [6.07, 6.45) is 8.21. The van der Waals surface area contributed by atoms with E-state index in [2.05, 4.69) is 15.4 Å². The van der Waals surface area contributed by atoms with Crippen LogP contribution in [0, 0.1) is 5.41 Å². The number of aryl methyl sites for hydroxylation is 1. The Morgan fingerprint density at radius 3 is 2.86 bits per heavy atom. The van der Waals surface area contributed by atoms with Crippen molar-refractivity contribution < 1.29 is 9.53 Å². The van der Waals surface area contributed by atoms with E-state index in [9.17, 15) is 4.79 Å². The third-order valence-electron chi connectivity index (χ3n) is 5.94. The van der Waals surface area contributed by atoms with E-state index in [0.29, 0.717) is 13.2 Å². The number of amides is 1. The second kappa shape index (κ2) is 7.97. The predicted octanol–water partition coefficient (Wildman–Crippen LogP) is 1.21. The molecule has 1 amide bonds. The Bertz CT molecular complexity index is 822. The van der Waals surface area contributed by atoms with Crippen molar-refractivity contribution in [2.24, 2.45) is 12.5 Å². The molecule has 8 heteroatoms. The molecule has 2 aromatic rings. The highest BCUT2D eigenvalue weighted by Crippen LogP contribution is 2.33. The average Bonchev–Trinajstić information content (AvgIpc) is 3.38. The number of hydrogen-bond acceptors (Lipinski definition) is 6. The van der Waals surface area contributed by atoms with E-state index in [1.165, 1.54) is 0 Å². The first kappa shape index (κ1) is 19.0. The molecular formula is C20H28N6O2. The molecule has 0 radical (unpaired) electrons. The summed E-state index contributed by atoms with van der Waals surface area (Å²) >= 11 is 0. The van der Waals surface area contributed by atoms with Crippen LogP contribution < -0.4 is 5.32 Å². The SMILES string of the molecule is COCC1(C(=O)N2CCC(c3nccc(-c4cnn(C)c4)n3)CC2)CCNC1. The summed E-state index contributed by atoms with van der Waals surface area (Å²) in [6, 6.07) is 1.92. The van der Waals surface area contributed by atoms with E-state index in [1.807, 2.05) is 36.6 Å². The van der Waals surface area contributed by atoms with Gasteiger partial charge in [-0.05, 0) is 31.9 Å². The van der Waals surface area contributed by atoms with Crippen molar-refractivity contribution in [2.45, 2.75) is 25.2 Å². The maximum atomic E-state index is 13.2. The van der Waals surface area contributed by atoms with E-state index in [1.54, 1.807) is 11.8 Å².